The highest BCUT2D eigenvalue weighted by molar-refractivity contribution is 7.13. The predicted octanol–water partition coefficient (Wildman–Crippen LogP) is 9.64. The Morgan fingerprint density at radius 3 is 2.14 bits per heavy atom. The third-order valence-electron chi connectivity index (χ3n) is 16.9. The molecule has 3 aliphatic rings. The fraction of sp³-hybridized carbons (Fsp3) is 0.523. The van der Waals surface area contributed by atoms with Gasteiger partial charge in [0.2, 0.25) is 17.4 Å². The fourth-order valence-electron chi connectivity index (χ4n) is 11.7. The summed E-state index contributed by atoms with van der Waals surface area (Å²) in [6.07, 6.45) is 2.28. The molecule has 8 rings (SSSR count). The Hall–Kier alpha value is -6.58. The van der Waals surface area contributed by atoms with Crippen LogP contribution < -0.4 is 21.1 Å². The van der Waals surface area contributed by atoms with Gasteiger partial charge in [0.15, 0.2) is 5.78 Å². The Labute approximate surface area is 501 Å². The summed E-state index contributed by atoms with van der Waals surface area (Å²) < 4.78 is 41.9. The van der Waals surface area contributed by atoms with Crippen molar-refractivity contribution in [3.05, 3.63) is 123 Å². The minimum atomic E-state index is -4.90. The van der Waals surface area contributed by atoms with Gasteiger partial charge in [-0.1, -0.05) is 95.0 Å². The van der Waals surface area contributed by atoms with Crippen LogP contribution in [0.3, 0.4) is 0 Å². The summed E-state index contributed by atoms with van der Waals surface area (Å²) in [5.41, 5.74) is 5.33. The summed E-state index contributed by atoms with van der Waals surface area (Å²) in [5.74, 6) is -1.83. The second-order valence-electron chi connectivity index (χ2n) is 24.4. The highest BCUT2D eigenvalue weighted by Gasteiger charge is 2.44. The number of thiazole rings is 1. The number of amides is 3. The van der Waals surface area contributed by atoms with E-state index in [9.17, 15) is 47.0 Å². The van der Waals surface area contributed by atoms with Gasteiger partial charge in [-0.15, -0.1) is 11.3 Å². The number of H-pyrrole nitrogens is 1. The number of carbonyl (C=O) groups excluding carboxylic acids is 5. The van der Waals surface area contributed by atoms with Crippen molar-refractivity contribution >= 4 is 52.0 Å². The predicted molar refractivity (Wildman–Crippen MR) is 328 cm³/mol. The first-order valence-corrected chi connectivity index (χ1v) is 31.0. The van der Waals surface area contributed by atoms with Crippen LogP contribution in [0.25, 0.3) is 21.6 Å². The number of hydrogen-bond donors (Lipinski definition) is 4. The van der Waals surface area contributed by atoms with Gasteiger partial charge in [-0.05, 0) is 84.7 Å². The van der Waals surface area contributed by atoms with Crippen LogP contribution in [0.5, 0.6) is 0 Å². The molecule has 4 N–H and O–H groups in total. The minimum Gasteiger partial charge on any atom is -0.391 e. The molecule has 0 aliphatic carbocycles. The molecular weight excluding hydrogens is 1110 g/mol. The van der Waals surface area contributed by atoms with Gasteiger partial charge >= 0.3 is 6.18 Å². The smallest absolute Gasteiger partial charge is 0.391 e. The summed E-state index contributed by atoms with van der Waals surface area (Å²) in [7, 11) is 2.02. The number of nitrogens with one attached hydrogen (secondary N) is 3. The summed E-state index contributed by atoms with van der Waals surface area (Å²) in [6.45, 7) is 16.3. The standard InChI is InChI=1S/C65H84F3N9O7S/c1-44-61(85-43-71-44)47-20-17-45(18-21-47)19-24-58(80)57-38-51(79)42-77(57)63(84)54(64(2,3)4)37-50(78)15-10-8-6-7-9-11-16-59(81)69-25-26-74-29-31-75(32-30-74)41-46-13-12-14-48(35-46)49-22-23-56(76-33-27-73(5)28-34-76)55(36-49)72-62(83)52-40-70-60(82)39-53(52)65(66,67)68/h12-14,17-18,20-23,35-36,39-40,43,51,54,57,79H,6-11,15-16,19,24-34,37-38,41-42H2,1-5H3,(H,69,81)(H,70,82)(H,72,83)/t51-,54-,57+/m1/s1. The number of hydrogen-bond acceptors (Lipinski definition) is 13. The van der Waals surface area contributed by atoms with Crippen LogP contribution in [0, 0.1) is 18.3 Å². The van der Waals surface area contributed by atoms with E-state index in [1.54, 1.807) is 17.4 Å². The lowest BCUT2D eigenvalue weighted by Gasteiger charge is -2.35. The average molecular weight is 1190 g/mol. The van der Waals surface area contributed by atoms with Crippen molar-refractivity contribution in [2.45, 2.75) is 130 Å². The zero-order valence-electron chi connectivity index (χ0n) is 49.9. The van der Waals surface area contributed by atoms with Gasteiger partial charge in [-0.2, -0.15) is 13.2 Å². The number of rotatable bonds is 26. The summed E-state index contributed by atoms with van der Waals surface area (Å²) >= 11 is 1.59. The van der Waals surface area contributed by atoms with E-state index >= 15 is 0 Å². The lowest BCUT2D eigenvalue weighted by Crippen LogP contribution is -2.48. The Bertz CT molecular complexity index is 3140. The third-order valence-corrected chi connectivity index (χ3v) is 17.9. The van der Waals surface area contributed by atoms with Crippen molar-refractivity contribution in [3.63, 3.8) is 0 Å². The number of anilines is 2. The van der Waals surface area contributed by atoms with Crippen molar-refractivity contribution in [2.75, 3.05) is 89.3 Å². The second kappa shape index (κ2) is 29.7. The maximum atomic E-state index is 14.2. The molecule has 0 spiro atoms. The summed E-state index contributed by atoms with van der Waals surface area (Å²) in [6, 6.07) is 21.6. The van der Waals surface area contributed by atoms with E-state index < -0.39 is 52.2 Å². The number of aryl methyl sites for hydroxylation is 2. The third kappa shape index (κ3) is 18.2. The number of ketones is 2. The van der Waals surface area contributed by atoms with Crippen molar-refractivity contribution < 1.29 is 42.3 Å². The number of aliphatic hydroxyl groups excluding tert-OH is 1. The number of aromatic amines is 1. The maximum absolute atomic E-state index is 14.2. The van der Waals surface area contributed by atoms with Crippen molar-refractivity contribution in [3.8, 4) is 21.6 Å². The molecular formula is C65H84F3N9O7S. The highest BCUT2D eigenvalue weighted by Crippen LogP contribution is 2.37. The number of benzene rings is 3. The van der Waals surface area contributed by atoms with Gasteiger partial charge in [0, 0.05) is 129 Å². The van der Waals surface area contributed by atoms with Crippen LogP contribution in [-0.4, -0.2) is 155 Å². The fourth-order valence-corrected chi connectivity index (χ4v) is 12.6. The van der Waals surface area contributed by atoms with Gasteiger partial charge < -0.3 is 35.4 Å². The number of pyridine rings is 1. The van der Waals surface area contributed by atoms with Crippen molar-refractivity contribution in [2.24, 2.45) is 11.3 Å². The second-order valence-corrected chi connectivity index (χ2v) is 25.2. The largest absolute Gasteiger partial charge is 0.417 e. The van der Waals surface area contributed by atoms with Gasteiger partial charge in [-0.25, -0.2) is 4.98 Å². The van der Waals surface area contributed by atoms with Crippen LogP contribution in [0.1, 0.15) is 124 Å². The molecule has 0 saturated carbocycles. The first kappa shape index (κ1) is 64.4. The molecule has 3 atom stereocenters. The monoisotopic (exact) mass is 1190 g/mol. The number of likely N-dealkylation sites (N-methyl/N-ethyl adjacent to an activating group) is 1. The molecule has 3 fully saturated rings. The Balaban J connectivity index is 0.702. The lowest BCUT2D eigenvalue weighted by molar-refractivity contribution is -0.145. The first-order chi connectivity index (χ1) is 40.6. The van der Waals surface area contributed by atoms with E-state index in [0.717, 1.165) is 135 Å². The molecule has 5 aromatic rings. The van der Waals surface area contributed by atoms with Crippen LogP contribution in [0.15, 0.2) is 89.3 Å². The number of carbonyl (C=O) groups is 5. The lowest BCUT2D eigenvalue weighted by atomic mass is 9.76. The highest BCUT2D eigenvalue weighted by atomic mass is 32.1. The molecule has 3 aromatic carbocycles. The van der Waals surface area contributed by atoms with Crippen LogP contribution in [0.4, 0.5) is 24.5 Å². The molecule has 2 aromatic heterocycles. The summed E-state index contributed by atoms with van der Waals surface area (Å²) in [5, 5.41) is 16.5. The molecule has 16 nitrogen and oxygen atoms in total. The van der Waals surface area contributed by atoms with E-state index in [-0.39, 0.29) is 49.2 Å². The number of halogens is 3. The Morgan fingerprint density at radius 1 is 0.788 bits per heavy atom. The van der Waals surface area contributed by atoms with E-state index in [1.807, 2.05) is 88.8 Å². The van der Waals surface area contributed by atoms with E-state index in [1.165, 1.54) is 4.90 Å². The Kier molecular flexibility index (Phi) is 22.5. The molecule has 85 heavy (non-hydrogen) atoms. The van der Waals surface area contributed by atoms with Crippen molar-refractivity contribution in [1.82, 2.24) is 34.9 Å². The Morgan fingerprint density at radius 2 is 1.46 bits per heavy atom. The van der Waals surface area contributed by atoms with Crippen LogP contribution in [0.2, 0.25) is 0 Å². The van der Waals surface area contributed by atoms with E-state index in [4.69, 9.17) is 0 Å². The number of aromatic nitrogens is 2. The van der Waals surface area contributed by atoms with Gasteiger partial charge in [0.05, 0.1) is 50.7 Å². The number of unbranched alkanes of at least 4 members (excludes halogenated alkanes) is 5. The minimum absolute atomic E-state index is 0.0301. The number of likely N-dealkylation sites (tertiary alicyclic amines) is 1. The molecule has 3 amide bonds. The van der Waals surface area contributed by atoms with Gasteiger partial charge in [0.1, 0.15) is 5.78 Å². The normalized spacial score (nSPS) is 17.7. The summed E-state index contributed by atoms with van der Waals surface area (Å²) in [4.78, 5) is 97.5. The number of alkyl halides is 3. The molecule has 3 aliphatic heterocycles. The van der Waals surface area contributed by atoms with Gasteiger partial charge in [0.25, 0.3) is 5.91 Å². The maximum Gasteiger partial charge on any atom is 0.417 e. The zero-order chi connectivity index (χ0) is 60.8. The van der Waals surface area contributed by atoms with Crippen molar-refractivity contribution in [1.29, 1.82) is 0 Å². The number of aliphatic hydroxyl groups is 1. The van der Waals surface area contributed by atoms with Crippen LogP contribution >= 0.6 is 11.3 Å². The topological polar surface area (TPSA) is 192 Å². The molecule has 20 heteroatoms. The number of Topliss-reactive ketones (excluding diaryl/α,β-unsaturated/α-hetero) is 2. The molecule has 458 valence electrons. The van der Waals surface area contributed by atoms with E-state index in [2.05, 4.69) is 52.3 Å². The quantitative estimate of drug-likeness (QED) is 0.0384. The molecule has 0 radical (unpaired) electrons. The average Bonchev–Trinajstić information content (AvgIpc) is 4.33. The molecule has 0 unspecified atom stereocenters. The van der Waals surface area contributed by atoms with E-state index in [0.29, 0.717) is 56.3 Å². The van der Waals surface area contributed by atoms with Crippen LogP contribution in [-0.2, 0) is 38.3 Å². The molecule has 0 bridgehead atoms. The number of β-amino-alcohol motifs (C(OH)–C–C–N with tert-alkyl or cyclic N) is 1. The number of piperazine rings is 2. The number of nitrogens with zero attached hydrogens (tertiary/aromatic N) is 6. The first-order valence-electron chi connectivity index (χ1n) is 30.1. The van der Waals surface area contributed by atoms with Gasteiger partial charge in [-0.3, -0.25) is 38.6 Å². The molecule has 5 heterocycles. The SMILES string of the molecule is Cc1ncsc1-c1ccc(CCC(=O)[C@@H]2C[C@@H](O)CN2C(=O)[C@@H](CC(=O)CCCCCCCCC(=O)NCCN2CCN(Cc3cccc(-c4ccc(N5CCN(C)CC5)c(NC(=O)c5c[nH]c(=O)cc5C(F)(F)F)c4)c3)CC2)C(C)(C)C)cc1. The zero-order valence-corrected chi connectivity index (χ0v) is 50.7. The molecule has 3 saturated heterocycles.